The maximum atomic E-state index is 3.62. The normalized spacial score (nSPS) is 29.6. The Hall–Kier alpha value is -0.0800. The first-order valence-corrected chi connectivity index (χ1v) is 6.80. The number of rotatable bonds is 6. The quantitative estimate of drug-likeness (QED) is 0.724. The highest BCUT2D eigenvalue weighted by Gasteiger charge is 2.27. The first-order valence-electron chi connectivity index (χ1n) is 6.80. The second-order valence-corrected chi connectivity index (χ2v) is 5.31. The second kappa shape index (κ2) is 5.31. The Balaban J connectivity index is 1.66. The van der Waals surface area contributed by atoms with Crippen LogP contribution in [0.1, 0.15) is 52.4 Å². The van der Waals surface area contributed by atoms with E-state index in [9.17, 15) is 0 Å². The molecule has 1 aliphatic carbocycles. The minimum atomic E-state index is 0.781. The minimum Gasteiger partial charge on any atom is -0.314 e. The van der Waals surface area contributed by atoms with Crippen molar-refractivity contribution in [2.45, 2.75) is 70.5 Å². The van der Waals surface area contributed by atoms with Crippen LogP contribution in [-0.4, -0.2) is 36.1 Å². The van der Waals surface area contributed by atoms with Crippen LogP contribution in [-0.2, 0) is 0 Å². The Morgan fingerprint density at radius 1 is 1.33 bits per heavy atom. The fourth-order valence-corrected chi connectivity index (χ4v) is 2.83. The van der Waals surface area contributed by atoms with Gasteiger partial charge < -0.3 is 5.32 Å². The highest BCUT2D eigenvalue weighted by molar-refractivity contribution is 4.84. The third-order valence-electron chi connectivity index (χ3n) is 4.03. The van der Waals surface area contributed by atoms with Crippen molar-refractivity contribution in [1.82, 2.24) is 10.2 Å². The Morgan fingerprint density at radius 2 is 2.13 bits per heavy atom. The van der Waals surface area contributed by atoms with Gasteiger partial charge >= 0.3 is 0 Å². The Labute approximate surface area is 94.4 Å². The van der Waals surface area contributed by atoms with E-state index in [0.29, 0.717) is 0 Å². The first kappa shape index (κ1) is 11.4. The monoisotopic (exact) mass is 210 g/mol. The third kappa shape index (κ3) is 3.18. The molecule has 15 heavy (non-hydrogen) atoms. The molecule has 0 aromatic carbocycles. The van der Waals surface area contributed by atoms with Gasteiger partial charge in [0.1, 0.15) is 0 Å². The summed E-state index contributed by atoms with van der Waals surface area (Å²) in [4.78, 5) is 2.73. The summed E-state index contributed by atoms with van der Waals surface area (Å²) in [7, 11) is 0. The SMILES string of the molecule is CCC1CCCN1C(C)CCNC1CC1. The van der Waals surface area contributed by atoms with Crippen LogP contribution in [0.25, 0.3) is 0 Å². The Bertz CT molecular complexity index is 189. The lowest BCUT2D eigenvalue weighted by molar-refractivity contribution is 0.178. The van der Waals surface area contributed by atoms with E-state index in [1.165, 1.54) is 51.6 Å². The van der Waals surface area contributed by atoms with Crippen molar-refractivity contribution in [2.24, 2.45) is 0 Å². The lowest BCUT2D eigenvalue weighted by Gasteiger charge is -2.30. The van der Waals surface area contributed by atoms with Gasteiger partial charge in [-0.25, -0.2) is 0 Å². The number of likely N-dealkylation sites (tertiary alicyclic amines) is 1. The lowest BCUT2D eigenvalue weighted by atomic mass is 10.1. The summed E-state index contributed by atoms with van der Waals surface area (Å²) in [6, 6.07) is 2.53. The molecule has 1 aliphatic heterocycles. The van der Waals surface area contributed by atoms with E-state index in [1.54, 1.807) is 0 Å². The van der Waals surface area contributed by atoms with Gasteiger partial charge in [0.2, 0.25) is 0 Å². The van der Waals surface area contributed by atoms with Crippen LogP contribution in [0.5, 0.6) is 0 Å². The Morgan fingerprint density at radius 3 is 2.80 bits per heavy atom. The lowest BCUT2D eigenvalue weighted by Crippen LogP contribution is -2.38. The van der Waals surface area contributed by atoms with Gasteiger partial charge in [-0.15, -0.1) is 0 Å². The summed E-state index contributed by atoms with van der Waals surface area (Å²) in [5.74, 6) is 0. The molecule has 1 saturated carbocycles. The zero-order valence-electron chi connectivity index (χ0n) is 10.3. The Kier molecular flexibility index (Phi) is 4.04. The molecular weight excluding hydrogens is 184 g/mol. The molecule has 0 aromatic heterocycles. The van der Waals surface area contributed by atoms with E-state index in [1.807, 2.05) is 0 Å². The highest BCUT2D eigenvalue weighted by Crippen LogP contribution is 2.24. The smallest absolute Gasteiger partial charge is 0.00959 e. The van der Waals surface area contributed by atoms with Crippen molar-refractivity contribution in [3.63, 3.8) is 0 Å². The van der Waals surface area contributed by atoms with Gasteiger partial charge in [-0.3, -0.25) is 4.90 Å². The fraction of sp³-hybridized carbons (Fsp3) is 1.00. The first-order chi connectivity index (χ1) is 7.31. The van der Waals surface area contributed by atoms with Gasteiger partial charge in [-0.05, 0) is 58.5 Å². The van der Waals surface area contributed by atoms with E-state index < -0.39 is 0 Å². The minimum absolute atomic E-state index is 0.781. The molecule has 1 saturated heterocycles. The van der Waals surface area contributed by atoms with Gasteiger partial charge in [-0.1, -0.05) is 6.92 Å². The van der Waals surface area contributed by atoms with Crippen molar-refractivity contribution in [3.8, 4) is 0 Å². The van der Waals surface area contributed by atoms with Crippen molar-refractivity contribution < 1.29 is 0 Å². The number of hydrogen-bond donors (Lipinski definition) is 1. The van der Waals surface area contributed by atoms with Crippen molar-refractivity contribution in [3.05, 3.63) is 0 Å². The zero-order valence-corrected chi connectivity index (χ0v) is 10.3. The molecule has 0 bridgehead atoms. The molecule has 2 aliphatic rings. The zero-order chi connectivity index (χ0) is 10.7. The van der Waals surface area contributed by atoms with Gasteiger partial charge in [0, 0.05) is 18.1 Å². The third-order valence-corrected chi connectivity index (χ3v) is 4.03. The number of hydrogen-bond acceptors (Lipinski definition) is 2. The molecule has 2 rings (SSSR count). The van der Waals surface area contributed by atoms with Crippen LogP contribution in [0.4, 0.5) is 0 Å². The maximum absolute atomic E-state index is 3.62. The van der Waals surface area contributed by atoms with Crippen LogP contribution < -0.4 is 5.32 Å². The molecule has 2 fully saturated rings. The van der Waals surface area contributed by atoms with Gasteiger partial charge in [0.25, 0.3) is 0 Å². The van der Waals surface area contributed by atoms with Crippen LogP contribution in [0.3, 0.4) is 0 Å². The average Bonchev–Trinajstić information content (AvgIpc) is 2.94. The summed E-state index contributed by atoms with van der Waals surface area (Å²) < 4.78 is 0. The summed E-state index contributed by atoms with van der Waals surface area (Å²) in [6.45, 7) is 7.29. The van der Waals surface area contributed by atoms with Crippen LogP contribution in [0.15, 0.2) is 0 Å². The van der Waals surface area contributed by atoms with E-state index in [4.69, 9.17) is 0 Å². The molecule has 2 unspecified atom stereocenters. The van der Waals surface area contributed by atoms with E-state index in [0.717, 1.165) is 18.1 Å². The van der Waals surface area contributed by atoms with Crippen LogP contribution in [0, 0.1) is 0 Å². The largest absolute Gasteiger partial charge is 0.314 e. The van der Waals surface area contributed by atoms with Gasteiger partial charge in [0.15, 0.2) is 0 Å². The molecule has 0 aromatic rings. The average molecular weight is 210 g/mol. The standard InChI is InChI=1S/C13H26N2/c1-3-13-5-4-10-15(13)11(2)8-9-14-12-6-7-12/h11-14H,3-10H2,1-2H3. The van der Waals surface area contributed by atoms with Crippen molar-refractivity contribution in [2.75, 3.05) is 13.1 Å². The molecule has 2 atom stereocenters. The number of nitrogens with one attached hydrogen (secondary N) is 1. The molecule has 0 spiro atoms. The molecule has 0 radical (unpaired) electrons. The molecule has 2 heteroatoms. The number of nitrogens with zero attached hydrogens (tertiary/aromatic N) is 1. The van der Waals surface area contributed by atoms with E-state index >= 15 is 0 Å². The molecular formula is C13H26N2. The summed E-state index contributed by atoms with van der Waals surface area (Å²) in [5.41, 5.74) is 0. The maximum Gasteiger partial charge on any atom is 0.00959 e. The van der Waals surface area contributed by atoms with Gasteiger partial charge in [-0.2, -0.15) is 0 Å². The predicted octanol–water partition coefficient (Wildman–Crippen LogP) is 2.39. The van der Waals surface area contributed by atoms with Gasteiger partial charge in [0.05, 0.1) is 0 Å². The summed E-state index contributed by atoms with van der Waals surface area (Å²) in [5, 5.41) is 3.62. The van der Waals surface area contributed by atoms with Crippen LogP contribution >= 0.6 is 0 Å². The van der Waals surface area contributed by atoms with E-state index in [-0.39, 0.29) is 0 Å². The second-order valence-electron chi connectivity index (χ2n) is 5.31. The highest BCUT2D eigenvalue weighted by atomic mass is 15.2. The summed E-state index contributed by atoms with van der Waals surface area (Å²) in [6.07, 6.45) is 8.33. The predicted molar refractivity (Wildman–Crippen MR) is 65.1 cm³/mol. The summed E-state index contributed by atoms with van der Waals surface area (Å²) >= 11 is 0. The molecule has 1 N–H and O–H groups in total. The fourth-order valence-electron chi connectivity index (χ4n) is 2.83. The van der Waals surface area contributed by atoms with Crippen molar-refractivity contribution in [1.29, 1.82) is 0 Å². The molecule has 88 valence electrons. The van der Waals surface area contributed by atoms with E-state index in [2.05, 4.69) is 24.1 Å². The topological polar surface area (TPSA) is 15.3 Å². The molecule has 2 nitrogen and oxygen atoms in total. The molecule has 1 heterocycles. The van der Waals surface area contributed by atoms with Crippen LogP contribution in [0.2, 0.25) is 0 Å². The molecule has 0 amide bonds. The van der Waals surface area contributed by atoms with Crippen molar-refractivity contribution >= 4 is 0 Å².